The maximum atomic E-state index is 13.6. The van der Waals surface area contributed by atoms with Crippen molar-refractivity contribution in [3.63, 3.8) is 0 Å². The number of thioether (sulfide) groups is 1. The Morgan fingerprint density at radius 3 is 2.26 bits per heavy atom. The van der Waals surface area contributed by atoms with Crippen LogP contribution >= 0.6 is 11.8 Å². The molecule has 38 heavy (non-hydrogen) atoms. The van der Waals surface area contributed by atoms with Gasteiger partial charge in [-0.25, -0.2) is 4.79 Å². The van der Waals surface area contributed by atoms with Gasteiger partial charge in [0.05, 0.1) is 17.4 Å². The Balaban J connectivity index is 1.67. The number of nitrogens with one attached hydrogen (secondary N) is 1. The van der Waals surface area contributed by atoms with Gasteiger partial charge in [0.1, 0.15) is 16.7 Å². The highest BCUT2D eigenvalue weighted by molar-refractivity contribution is 8.05. The highest BCUT2D eigenvalue weighted by Crippen LogP contribution is 2.42. The van der Waals surface area contributed by atoms with Crippen molar-refractivity contribution in [1.82, 2.24) is 0 Å². The first-order chi connectivity index (χ1) is 18.3. The van der Waals surface area contributed by atoms with Crippen LogP contribution in [-0.2, 0) is 20.7 Å². The van der Waals surface area contributed by atoms with E-state index in [9.17, 15) is 19.6 Å². The monoisotopic (exact) mass is 525 g/mol. The van der Waals surface area contributed by atoms with Crippen LogP contribution in [0.3, 0.4) is 0 Å². The SMILES string of the molecule is CCOC(=O)c1ccc(C[C@H]2S/C(=C(\C#N)C(=O)Nc3c(C)cccc3C)N(c3ccccc3)C2=O)cc1. The minimum absolute atomic E-state index is 0.130. The number of nitrogens with zero attached hydrogens (tertiary/aromatic N) is 2. The lowest BCUT2D eigenvalue weighted by Gasteiger charge is -2.19. The molecule has 8 heteroatoms. The Kier molecular flexibility index (Phi) is 8.29. The summed E-state index contributed by atoms with van der Waals surface area (Å²) >= 11 is 1.20. The molecular formula is C30H27N3O4S. The van der Waals surface area contributed by atoms with Crippen LogP contribution in [0.5, 0.6) is 0 Å². The van der Waals surface area contributed by atoms with Gasteiger partial charge >= 0.3 is 5.97 Å². The third-order valence-corrected chi connectivity index (χ3v) is 7.39. The van der Waals surface area contributed by atoms with E-state index in [2.05, 4.69) is 5.32 Å². The molecule has 1 heterocycles. The molecule has 7 nitrogen and oxygen atoms in total. The van der Waals surface area contributed by atoms with Gasteiger partial charge in [0.15, 0.2) is 0 Å². The molecule has 3 aromatic carbocycles. The van der Waals surface area contributed by atoms with E-state index in [1.807, 2.05) is 44.2 Å². The van der Waals surface area contributed by atoms with Gasteiger partial charge in [-0.05, 0) is 68.1 Å². The minimum Gasteiger partial charge on any atom is -0.462 e. The largest absolute Gasteiger partial charge is 0.462 e. The minimum atomic E-state index is -0.569. The molecule has 1 aliphatic rings. The molecule has 192 valence electrons. The average Bonchev–Trinajstić information content (AvgIpc) is 3.23. The summed E-state index contributed by atoms with van der Waals surface area (Å²) in [5.41, 5.74) is 4.12. The summed E-state index contributed by atoms with van der Waals surface area (Å²) in [6.45, 7) is 5.80. The number of esters is 1. The summed E-state index contributed by atoms with van der Waals surface area (Å²) in [5.74, 6) is -1.20. The van der Waals surface area contributed by atoms with Gasteiger partial charge in [0.2, 0.25) is 5.91 Å². The summed E-state index contributed by atoms with van der Waals surface area (Å²) in [6, 6.07) is 23.6. The van der Waals surface area contributed by atoms with Gasteiger partial charge < -0.3 is 10.1 Å². The molecule has 0 radical (unpaired) electrons. The molecular weight excluding hydrogens is 498 g/mol. The number of rotatable bonds is 7. The smallest absolute Gasteiger partial charge is 0.338 e. The molecule has 0 aliphatic carbocycles. The summed E-state index contributed by atoms with van der Waals surface area (Å²) in [6.07, 6.45) is 0.358. The molecule has 1 N–H and O–H groups in total. The highest BCUT2D eigenvalue weighted by Gasteiger charge is 2.40. The first-order valence-corrected chi connectivity index (χ1v) is 13.1. The van der Waals surface area contributed by atoms with E-state index in [1.165, 1.54) is 16.7 Å². The number of hydrogen-bond acceptors (Lipinski definition) is 6. The van der Waals surface area contributed by atoms with Crippen molar-refractivity contribution in [2.45, 2.75) is 32.4 Å². The first-order valence-electron chi connectivity index (χ1n) is 12.2. The molecule has 1 saturated heterocycles. The fourth-order valence-electron chi connectivity index (χ4n) is 4.19. The van der Waals surface area contributed by atoms with E-state index in [4.69, 9.17) is 4.74 Å². The number of benzene rings is 3. The number of para-hydroxylation sites is 2. The lowest BCUT2D eigenvalue weighted by atomic mass is 10.1. The predicted molar refractivity (Wildman–Crippen MR) is 149 cm³/mol. The summed E-state index contributed by atoms with van der Waals surface area (Å²) in [7, 11) is 0. The van der Waals surface area contributed by atoms with Gasteiger partial charge in [0, 0.05) is 11.4 Å². The standard InChI is InChI=1S/C30H27N3O4S/c1-4-37-30(36)22-15-13-21(14-16-22)17-25-28(35)33(23-11-6-5-7-12-23)29(38-25)24(18-31)27(34)32-26-19(2)9-8-10-20(26)3/h5-16,25H,4,17H2,1-3H3,(H,32,34)/b29-24+/t25-/m1/s1. The third-order valence-electron chi connectivity index (χ3n) is 6.13. The maximum absolute atomic E-state index is 13.6. The van der Waals surface area contributed by atoms with Gasteiger partial charge in [0.25, 0.3) is 5.91 Å². The molecule has 4 rings (SSSR count). The van der Waals surface area contributed by atoms with Crippen LogP contribution in [0.4, 0.5) is 11.4 Å². The number of amides is 2. The number of aryl methyl sites for hydroxylation is 2. The van der Waals surface area contributed by atoms with Crippen LogP contribution in [0.1, 0.15) is 34.0 Å². The van der Waals surface area contributed by atoms with Crippen LogP contribution in [0.25, 0.3) is 0 Å². The molecule has 3 aromatic rings. The Morgan fingerprint density at radius 2 is 1.66 bits per heavy atom. The number of ether oxygens (including phenoxy) is 1. The van der Waals surface area contributed by atoms with Crippen molar-refractivity contribution < 1.29 is 19.1 Å². The Morgan fingerprint density at radius 1 is 1.00 bits per heavy atom. The molecule has 1 atom stereocenters. The predicted octanol–water partition coefficient (Wildman–Crippen LogP) is 5.55. The third kappa shape index (κ3) is 5.63. The van der Waals surface area contributed by atoms with Crippen molar-refractivity contribution in [1.29, 1.82) is 5.26 Å². The van der Waals surface area contributed by atoms with Gasteiger partial charge in [-0.3, -0.25) is 14.5 Å². The van der Waals surface area contributed by atoms with Crippen LogP contribution in [-0.4, -0.2) is 29.6 Å². The number of carbonyl (C=O) groups is 3. The van der Waals surface area contributed by atoms with Crippen LogP contribution in [0.2, 0.25) is 0 Å². The first kappa shape index (κ1) is 26.7. The van der Waals surface area contributed by atoms with E-state index < -0.39 is 17.1 Å². The van der Waals surface area contributed by atoms with E-state index in [0.717, 1.165) is 16.7 Å². The second kappa shape index (κ2) is 11.8. The summed E-state index contributed by atoms with van der Waals surface area (Å²) in [4.78, 5) is 40.4. The Labute approximate surface area is 226 Å². The average molecular weight is 526 g/mol. The lowest BCUT2D eigenvalue weighted by molar-refractivity contribution is -0.117. The van der Waals surface area contributed by atoms with E-state index in [1.54, 1.807) is 55.5 Å². The zero-order valence-electron chi connectivity index (χ0n) is 21.4. The molecule has 1 fully saturated rings. The van der Waals surface area contributed by atoms with E-state index >= 15 is 0 Å². The lowest BCUT2D eigenvalue weighted by Crippen LogP contribution is -2.31. The van der Waals surface area contributed by atoms with Gasteiger partial charge in [-0.1, -0.05) is 60.3 Å². The Bertz CT molecular complexity index is 1420. The second-order valence-corrected chi connectivity index (χ2v) is 9.94. The normalized spacial score (nSPS) is 16.1. The fraction of sp³-hybridized carbons (Fsp3) is 0.200. The maximum Gasteiger partial charge on any atom is 0.338 e. The van der Waals surface area contributed by atoms with Crippen LogP contribution < -0.4 is 10.2 Å². The highest BCUT2D eigenvalue weighted by atomic mass is 32.2. The molecule has 0 unspecified atom stereocenters. The van der Waals surface area contributed by atoms with Gasteiger partial charge in [-0.2, -0.15) is 5.26 Å². The zero-order valence-corrected chi connectivity index (χ0v) is 22.2. The Hall–Kier alpha value is -4.35. The molecule has 2 amide bonds. The molecule has 0 bridgehead atoms. The van der Waals surface area contributed by atoms with Crippen LogP contribution in [0.15, 0.2) is 83.4 Å². The second-order valence-electron chi connectivity index (χ2n) is 8.75. The van der Waals surface area contributed by atoms with E-state index in [-0.39, 0.29) is 18.1 Å². The van der Waals surface area contributed by atoms with Crippen LogP contribution in [0, 0.1) is 25.2 Å². The van der Waals surface area contributed by atoms with Crippen molar-refractivity contribution in [3.05, 3.63) is 106 Å². The molecule has 0 saturated carbocycles. The van der Waals surface area contributed by atoms with E-state index in [0.29, 0.717) is 28.4 Å². The number of carbonyl (C=O) groups excluding carboxylic acids is 3. The zero-order chi connectivity index (χ0) is 27.2. The summed E-state index contributed by atoms with van der Waals surface area (Å²) in [5, 5.41) is 12.7. The molecule has 1 aliphatic heterocycles. The fourth-order valence-corrected chi connectivity index (χ4v) is 5.50. The molecule has 0 spiro atoms. The number of nitriles is 1. The summed E-state index contributed by atoms with van der Waals surface area (Å²) < 4.78 is 5.04. The molecule has 0 aromatic heterocycles. The van der Waals surface area contributed by atoms with Crippen molar-refractivity contribution >= 4 is 40.9 Å². The number of anilines is 2. The topological polar surface area (TPSA) is 99.5 Å². The van der Waals surface area contributed by atoms with Crippen molar-refractivity contribution in [2.24, 2.45) is 0 Å². The number of hydrogen-bond donors (Lipinski definition) is 1. The van der Waals surface area contributed by atoms with Gasteiger partial charge in [-0.15, -0.1) is 0 Å². The quantitative estimate of drug-likeness (QED) is 0.247. The van der Waals surface area contributed by atoms with Crippen molar-refractivity contribution in [3.8, 4) is 6.07 Å². The van der Waals surface area contributed by atoms with Crippen molar-refractivity contribution in [2.75, 3.05) is 16.8 Å².